The Morgan fingerprint density at radius 1 is 1.19 bits per heavy atom. The van der Waals surface area contributed by atoms with Crippen LogP contribution in [0.1, 0.15) is 18.1 Å². The SMILES string of the molecule is CCOc1ccc(CC(=O)NCCc2cccnc2)cc1. The molecule has 0 radical (unpaired) electrons. The molecule has 0 fully saturated rings. The van der Waals surface area contributed by atoms with Crippen LogP contribution in [0.5, 0.6) is 5.75 Å². The smallest absolute Gasteiger partial charge is 0.224 e. The van der Waals surface area contributed by atoms with Gasteiger partial charge in [0.2, 0.25) is 5.91 Å². The molecule has 4 heteroatoms. The Bertz CT molecular complexity index is 553. The van der Waals surface area contributed by atoms with Gasteiger partial charge in [0, 0.05) is 18.9 Å². The van der Waals surface area contributed by atoms with E-state index < -0.39 is 0 Å². The Hall–Kier alpha value is -2.36. The van der Waals surface area contributed by atoms with Crippen molar-refractivity contribution in [3.05, 3.63) is 59.9 Å². The van der Waals surface area contributed by atoms with Crippen LogP contribution in [0, 0.1) is 0 Å². The second kappa shape index (κ2) is 8.04. The molecule has 110 valence electrons. The molecule has 1 aromatic heterocycles. The number of ether oxygens (including phenoxy) is 1. The fourth-order valence-corrected chi connectivity index (χ4v) is 2.01. The molecular formula is C17H20N2O2. The first kappa shape index (κ1) is 15.0. The fraction of sp³-hybridized carbons (Fsp3) is 0.294. The second-order valence-corrected chi connectivity index (χ2v) is 4.71. The molecule has 1 aromatic carbocycles. The third kappa shape index (κ3) is 5.26. The molecule has 0 saturated carbocycles. The zero-order valence-corrected chi connectivity index (χ0v) is 12.2. The molecule has 2 rings (SSSR count). The molecule has 0 saturated heterocycles. The normalized spacial score (nSPS) is 10.1. The van der Waals surface area contributed by atoms with E-state index in [-0.39, 0.29) is 5.91 Å². The van der Waals surface area contributed by atoms with E-state index in [0.29, 0.717) is 19.6 Å². The van der Waals surface area contributed by atoms with Crippen LogP contribution in [0.3, 0.4) is 0 Å². The minimum Gasteiger partial charge on any atom is -0.494 e. The number of nitrogens with one attached hydrogen (secondary N) is 1. The Kier molecular flexibility index (Phi) is 5.76. The number of aromatic nitrogens is 1. The Morgan fingerprint density at radius 2 is 2.00 bits per heavy atom. The van der Waals surface area contributed by atoms with Crippen molar-refractivity contribution in [2.45, 2.75) is 19.8 Å². The predicted molar refractivity (Wildman–Crippen MR) is 82.3 cm³/mol. The first-order valence-electron chi connectivity index (χ1n) is 7.15. The topological polar surface area (TPSA) is 51.2 Å². The van der Waals surface area contributed by atoms with Crippen LogP contribution >= 0.6 is 0 Å². The van der Waals surface area contributed by atoms with E-state index in [1.54, 1.807) is 6.20 Å². The van der Waals surface area contributed by atoms with Gasteiger partial charge in [-0.2, -0.15) is 0 Å². The Morgan fingerprint density at radius 3 is 2.67 bits per heavy atom. The van der Waals surface area contributed by atoms with Gasteiger partial charge in [0.05, 0.1) is 13.0 Å². The number of hydrogen-bond donors (Lipinski definition) is 1. The molecule has 0 bridgehead atoms. The van der Waals surface area contributed by atoms with Crippen LogP contribution in [0.4, 0.5) is 0 Å². The minimum absolute atomic E-state index is 0.0306. The van der Waals surface area contributed by atoms with Gasteiger partial charge in [0.1, 0.15) is 5.75 Å². The highest BCUT2D eigenvalue weighted by atomic mass is 16.5. The Labute approximate surface area is 125 Å². The molecule has 0 aliphatic heterocycles. The highest BCUT2D eigenvalue weighted by Crippen LogP contribution is 2.12. The average molecular weight is 284 g/mol. The summed E-state index contributed by atoms with van der Waals surface area (Å²) in [6.45, 7) is 3.22. The van der Waals surface area contributed by atoms with Crippen LogP contribution in [0.15, 0.2) is 48.8 Å². The molecule has 0 aliphatic carbocycles. The number of carbonyl (C=O) groups is 1. The zero-order valence-electron chi connectivity index (χ0n) is 12.2. The third-order valence-electron chi connectivity index (χ3n) is 3.06. The molecule has 0 aliphatic rings. The molecular weight excluding hydrogens is 264 g/mol. The standard InChI is InChI=1S/C17H20N2O2/c1-2-21-16-7-5-14(6-8-16)12-17(20)19-11-9-15-4-3-10-18-13-15/h3-8,10,13H,2,9,11-12H2,1H3,(H,19,20). The summed E-state index contributed by atoms with van der Waals surface area (Å²) in [5, 5.41) is 2.92. The van der Waals surface area contributed by atoms with Gasteiger partial charge in [0.15, 0.2) is 0 Å². The molecule has 0 atom stereocenters. The van der Waals surface area contributed by atoms with E-state index in [0.717, 1.165) is 23.3 Å². The van der Waals surface area contributed by atoms with Gasteiger partial charge >= 0.3 is 0 Å². The van der Waals surface area contributed by atoms with E-state index >= 15 is 0 Å². The number of nitrogens with zero attached hydrogens (tertiary/aromatic N) is 1. The molecule has 1 amide bonds. The zero-order chi connectivity index (χ0) is 14.9. The molecule has 21 heavy (non-hydrogen) atoms. The van der Waals surface area contributed by atoms with Crippen LogP contribution in [0.2, 0.25) is 0 Å². The quantitative estimate of drug-likeness (QED) is 0.849. The first-order chi connectivity index (χ1) is 10.3. The van der Waals surface area contributed by atoms with Crippen molar-refractivity contribution in [3.63, 3.8) is 0 Å². The molecule has 2 aromatic rings. The number of pyridine rings is 1. The predicted octanol–water partition coefficient (Wildman–Crippen LogP) is 2.38. The van der Waals surface area contributed by atoms with Crippen LogP contribution in [-0.2, 0) is 17.6 Å². The van der Waals surface area contributed by atoms with Gasteiger partial charge in [-0.15, -0.1) is 0 Å². The summed E-state index contributed by atoms with van der Waals surface area (Å²) in [6.07, 6.45) is 4.74. The van der Waals surface area contributed by atoms with E-state index in [2.05, 4.69) is 10.3 Å². The highest BCUT2D eigenvalue weighted by Gasteiger charge is 2.03. The monoisotopic (exact) mass is 284 g/mol. The lowest BCUT2D eigenvalue weighted by Crippen LogP contribution is -2.27. The van der Waals surface area contributed by atoms with Crippen molar-refractivity contribution in [1.82, 2.24) is 10.3 Å². The largest absolute Gasteiger partial charge is 0.494 e. The van der Waals surface area contributed by atoms with Crippen molar-refractivity contribution in [3.8, 4) is 5.75 Å². The average Bonchev–Trinajstić information content (AvgIpc) is 2.51. The van der Waals surface area contributed by atoms with Gasteiger partial charge in [-0.3, -0.25) is 9.78 Å². The maximum atomic E-state index is 11.9. The number of benzene rings is 1. The van der Waals surface area contributed by atoms with Crippen LogP contribution in [0.25, 0.3) is 0 Å². The third-order valence-corrected chi connectivity index (χ3v) is 3.06. The van der Waals surface area contributed by atoms with Gasteiger partial charge < -0.3 is 10.1 Å². The van der Waals surface area contributed by atoms with E-state index in [4.69, 9.17) is 4.74 Å². The number of amides is 1. The second-order valence-electron chi connectivity index (χ2n) is 4.71. The number of rotatable bonds is 7. The van der Waals surface area contributed by atoms with Gasteiger partial charge in [0.25, 0.3) is 0 Å². The molecule has 0 unspecified atom stereocenters. The fourth-order valence-electron chi connectivity index (χ4n) is 2.01. The van der Waals surface area contributed by atoms with Crippen LogP contribution in [-0.4, -0.2) is 24.0 Å². The summed E-state index contributed by atoms with van der Waals surface area (Å²) < 4.78 is 5.37. The first-order valence-corrected chi connectivity index (χ1v) is 7.15. The van der Waals surface area contributed by atoms with Crippen molar-refractivity contribution in [2.75, 3.05) is 13.2 Å². The Balaban J connectivity index is 1.74. The summed E-state index contributed by atoms with van der Waals surface area (Å²) >= 11 is 0. The van der Waals surface area contributed by atoms with Crippen molar-refractivity contribution < 1.29 is 9.53 Å². The van der Waals surface area contributed by atoms with Crippen molar-refractivity contribution in [2.24, 2.45) is 0 Å². The van der Waals surface area contributed by atoms with Gasteiger partial charge in [-0.25, -0.2) is 0 Å². The van der Waals surface area contributed by atoms with E-state index in [1.807, 2.05) is 49.5 Å². The molecule has 1 heterocycles. The molecule has 0 spiro atoms. The summed E-state index contributed by atoms with van der Waals surface area (Å²) in [4.78, 5) is 15.9. The van der Waals surface area contributed by atoms with E-state index in [9.17, 15) is 4.79 Å². The maximum absolute atomic E-state index is 11.9. The van der Waals surface area contributed by atoms with Gasteiger partial charge in [-0.05, 0) is 42.7 Å². The lowest BCUT2D eigenvalue weighted by Gasteiger charge is -2.07. The summed E-state index contributed by atoms with van der Waals surface area (Å²) in [7, 11) is 0. The van der Waals surface area contributed by atoms with Crippen molar-refractivity contribution in [1.29, 1.82) is 0 Å². The van der Waals surface area contributed by atoms with Gasteiger partial charge in [-0.1, -0.05) is 18.2 Å². The van der Waals surface area contributed by atoms with E-state index in [1.165, 1.54) is 0 Å². The maximum Gasteiger partial charge on any atom is 0.224 e. The number of hydrogen-bond acceptors (Lipinski definition) is 3. The summed E-state index contributed by atoms with van der Waals surface area (Å²) in [6, 6.07) is 11.5. The molecule has 4 nitrogen and oxygen atoms in total. The summed E-state index contributed by atoms with van der Waals surface area (Å²) in [5.41, 5.74) is 2.11. The lowest BCUT2D eigenvalue weighted by molar-refractivity contribution is -0.120. The van der Waals surface area contributed by atoms with Crippen LogP contribution < -0.4 is 10.1 Å². The lowest BCUT2D eigenvalue weighted by atomic mass is 10.1. The minimum atomic E-state index is 0.0306. The summed E-state index contributed by atoms with van der Waals surface area (Å²) in [5.74, 6) is 0.862. The highest BCUT2D eigenvalue weighted by molar-refractivity contribution is 5.78. The van der Waals surface area contributed by atoms with Crippen molar-refractivity contribution >= 4 is 5.91 Å². The number of carbonyl (C=O) groups excluding carboxylic acids is 1. The molecule has 1 N–H and O–H groups in total.